The van der Waals surface area contributed by atoms with Crippen molar-refractivity contribution in [2.75, 3.05) is 44.7 Å². The third-order valence-corrected chi connectivity index (χ3v) is 7.80. The minimum atomic E-state index is -0.0723. The molecule has 36 heavy (non-hydrogen) atoms. The van der Waals surface area contributed by atoms with Gasteiger partial charge in [0, 0.05) is 38.3 Å². The van der Waals surface area contributed by atoms with E-state index in [0.717, 1.165) is 36.5 Å². The lowest BCUT2D eigenvalue weighted by Gasteiger charge is -2.23. The minimum Gasteiger partial charge on any atom is -0.497 e. The molecular formula is C27H29BN4O3S. The molecule has 0 unspecified atom stereocenters. The highest BCUT2D eigenvalue weighted by molar-refractivity contribution is 7.17. The van der Waals surface area contributed by atoms with Crippen molar-refractivity contribution in [1.29, 1.82) is 0 Å². The lowest BCUT2D eigenvalue weighted by atomic mass is 9.89. The monoisotopic (exact) mass is 500 g/mol. The molecule has 0 bridgehead atoms. The summed E-state index contributed by atoms with van der Waals surface area (Å²) in [5, 5.41) is 3.86. The van der Waals surface area contributed by atoms with Gasteiger partial charge in [0.1, 0.15) is 18.5 Å². The fraction of sp³-hybridized carbons (Fsp3) is 0.296. The van der Waals surface area contributed by atoms with E-state index < -0.39 is 0 Å². The Bertz CT molecular complexity index is 1290. The summed E-state index contributed by atoms with van der Waals surface area (Å²) in [7, 11) is 3.56. The van der Waals surface area contributed by atoms with Crippen LogP contribution in [0.25, 0.3) is 0 Å². The Morgan fingerprint density at radius 3 is 2.56 bits per heavy atom. The lowest BCUT2D eigenvalue weighted by Crippen LogP contribution is -2.36. The maximum Gasteiger partial charge on any atom is 0.263 e. The number of aromatic nitrogens is 1. The van der Waals surface area contributed by atoms with Crippen LogP contribution in [0.3, 0.4) is 0 Å². The Hall–Kier alpha value is -3.59. The van der Waals surface area contributed by atoms with Gasteiger partial charge in [-0.2, -0.15) is 0 Å². The van der Waals surface area contributed by atoms with Gasteiger partial charge in [-0.1, -0.05) is 53.2 Å². The van der Waals surface area contributed by atoms with E-state index in [4.69, 9.17) is 4.74 Å². The first-order valence-electron chi connectivity index (χ1n) is 12.2. The first kappa shape index (κ1) is 24.1. The van der Waals surface area contributed by atoms with Crippen molar-refractivity contribution in [2.45, 2.75) is 12.8 Å². The van der Waals surface area contributed by atoms with Crippen molar-refractivity contribution < 1.29 is 14.3 Å². The maximum absolute atomic E-state index is 13.2. The summed E-state index contributed by atoms with van der Waals surface area (Å²) in [6.45, 7) is 3.36. The fourth-order valence-electron chi connectivity index (χ4n) is 4.73. The van der Waals surface area contributed by atoms with Crippen LogP contribution < -0.4 is 20.4 Å². The molecule has 0 radical (unpaired) electrons. The average molecular weight is 500 g/mol. The van der Waals surface area contributed by atoms with Gasteiger partial charge in [0.05, 0.1) is 13.3 Å². The van der Waals surface area contributed by atoms with E-state index in [9.17, 15) is 9.59 Å². The third kappa shape index (κ3) is 5.16. The summed E-state index contributed by atoms with van der Waals surface area (Å²) >= 11 is 1.42. The number of anilines is 1. The molecule has 2 aliphatic heterocycles. The minimum absolute atomic E-state index is 0.0350. The zero-order chi connectivity index (χ0) is 25.1. The van der Waals surface area contributed by atoms with Gasteiger partial charge in [0.2, 0.25) is 0 Å². The van der Waals surface area contributed by atoms with Gasteiger partial charge >= 0.3 is 0 Å². The predicted octanol–water partition coefficient (Wildman–Crippen LogP) is 2.05. The zero-order valence-electron chi connectivity index (χ0n) is 20.6. The number of ether oxygens (including phenoxy) is 1. The van der Waals surface area contributed by atoms with E-state index >= 15 is 0 Å². The Morgan fingerprint density at radius 1 is 1.08 bits per heavy atom. The number of methoxy groups -OCH3 is 1. The summed E-state index contributed by atoms with van der Waals surface area (Å²) in [5.41, 5.74) is 5.45. The third-order valence-electron chi connectivity index (χ3n) is 6.75. The molecule has 0 saturated heterocycles. The van der Waals surface area contributed by atoms with Crippen LogP contribution in [0.5, 0.6) is 5.75 Å². The number of aryl methyl sites for hydroxylation is 1. The van der Waals surface area contributed by atoms with E-state index in [0.29, 0.717) is 35.8 Å². The number of rotatable bonds is 8. The predicted molar refractivity (Wildman–Crippen MR) is 146 cm³/mol. The van der Waals surface area contributed by atoms with Gasteiger partial charge in [0.25, 0.3) is 11.8 Å². The second-order valence-electron chi connectivity index (χ2n) is 9.26. The second kappa shape index (κ2) is 10.6. The second-order valence-corrected chi connectivity index (χ2v) is 10.3. The summed E-state index contributed by atoms with van der Waals surface area (Å²) in [5.74, 6) is 0.652. The Kier molecular flexibility index (Phi) is 7.09. The van der Waals surface area contributed by atoms with Gasteiger partial charge in [-0.3, -0.25) is 9.59 Å². The molecule has 0 fully saturated rings. The normalized spacial score (nSPS) is 14.8. The number of nitrogens with one attached hydrogen (secondary N) is 1. The first-order chi connectivity index (χ1) is 17.5. The number of carbonyl (C=O) groups excluding carboxylic acids is 2. The number of benzene rings is 2. The van der Waals surface area contributed by atoms with Crippen LogP contribution in [0.2, 0.25) is 0 Å². The number of nitrogens with zero attached hydrogens (tertiary/aromatic N) is 3. The van der Waals surface area contributed by atoms with Crippen molar-refractivity contribution in [3.63, 3.8) is 0 Å². The van der Waals surface area contributed by atoms with Crippen LogP contribution in [0, 0.1) is 0 Å². The highest BCUT2D eigenvalue weighted by atomic mass is 32.1. The Balaban J connectivity index is 1.12. The van der Waals surface area contributed by atoms with Crippen molar-refractivity contribution in [3.05, 3.63) is 81.9 Å². The van der Waals surface area contributed by atoms with Crippen LogP contribution in [-0.4, -0.2) is 69.4 Å². The lowest BCUT2D eigenvalue weighted by molar-refractivity contribution is 0.0795. The molecule has 1 aromatic heterocycles. The van der Waals surface area contributed by atoms with E-state index in [1.807, 2.05) is 49.1 Å². The fourth-order valence-corrected chi connectivity index (χ4v) is 5.56. The smallest absolute Gasteiger partial charge is 0.263 e. The Labute approximate surface area is 216 Å². The molecule has 7 nitrogen and oxygen atoms in total. The van der Waals surface area contributed by atoms with Crippen molar-refractivity contribution in [3.8, 4) is 5.75 Å². The van der Waals surface area contributed by atoms with Gasteiger partial charge in [-0.25, -0.2) is 4.98 Å². The molecule has 9 heteroatoms. The Morgan fingerprint density at radius 2 is 1.83 bits per heavy atom. The number of amides is 2. The molecule has 5 rings (SSSR count). The number of carbonyl (C=O) groups is 2. The molecule has 2 amide bonds. The molecule has 2 aliphatic rings. The summed E-state index contributed by atoms with van der Waals surface area (Å²) in [4.78, 5) is 35.0. The quantitative estimate of drug-likeness (QED) is 0.291. The highest BCUT2D eigenvalue weighted by Crippen LogP contribution is 2.32. The number of hydrogen-bond donors (Lipinski definition) is 1. The molecule has 1 N–H and O–H groups in total. The molecule has 3 aromatic rings. The van der Waals surface area contributed by atoms with E-state index in [-0.39, 0.29) is 11.8 Å². The molecule has 184 valence electrons. The maximum atomic E-state index is 13.2. The molecule has 0 spiro atoms. The van der Waals surface area contributed by atoms with Crippen molar-refractivity contribution in [1.82, 2.24) is 15.2 Å². The van der Waals surface area contributed by atoms with Crippen LogP contribution in [-0.2, 0) is 6.42 Å². The molecule has 2 aromatic carbocycles. The SMILES string of the molecule is Bc1ccc(OC)cc1C(=O)N1CC2=C(C1)CN(c1ncc(C(=O)NCCCc3ccccc3)s1)C2. The van der Waals surface area contributed by atoms with Crippen LogP contribution in [0.15, 0.2) is 65.9 Å². The molecule has 0 aliphatic carbocycles. The molecular weight excluding hydrogens is 471 g/mol. The number of thiazole rings is 1. The standard InChI is InChI=1S/C27H29BN4O3S/c1-35-21-9-10-23(28)22(12-21)26(34)31-14-19-16-32(17-20(19)15-31)27-30-13-24(36-27)25(33)29-11-5-8-18-6-3-2-4-7-18/h2-4,6-7,9-10,12-13H,5,8,11,14-17,28H2,1H3,(H,29,33). The van der Waals surface area contributed by atoms with Crippen LogP contribution in [0.1, 0.15) is 32.0 Å². The van der Waals surface area contributed by atoms with Crippen LogP contribution >= 0.6 is 11.3 Å². The number of hydrogen-bond acceptors (Lipinski definition) is 6. The van der Waals surface area contributed by atoms with E-state index in [2.05, 4.69) is 27.3 Å². The largest absolute Gasteiger partial charge is 0.497 e. The van der Waals surface area contributed by atoms with Crippen molar-refractivity contribution >= 4 is 41.6 Å². The topological polar surface area (TPSA) is 74.8 Å². The van der Waals surface area contributed by atoms with Crippen LogP contribution in [0.4, 0.5) is 5.13 Å². The van der Waals surface area contributed by atoms with Gasteiger partial charge < -0.3 is 19.9 Å². The first-order valence-corrected chi connectivity index (χ1v) is 13.0. The van der Waals surface area contributed by atoms with Gasteiger partial charge in [-0.05, 0) is 41.7 Å². The average Bonchev–Trinajstić information content (AvgIpc) is 3.62. The zero-order valence-corrected chi connectivity index (χ0v) is 21.4. The molecule has 0 atom stereocenters. The van der Waals surface area contributed by atoms with E-state index in [1.165, 1.54) is 28.0 Å². The highest BCUT2D eigenvalue weighted by Gasteiger charge is 2.34. The summed E-state index contributed by atoms with van der Waals surface area (Å²) < 4.78 is 5.30. The molecule has 3 heterocycles. The summed E-state index contributed by atoms with van der Waals surface area (Å²) in [6.07, 6.45) is 3.50. The van der Waals surface area contributed by atoms with E-state index in [1.54, 1.807) is 13.3 Å². The summed E-state index contributed by atoms with van der Waals surface area (Å²) in [6, 6.07) is 15.9. The molecule has 0 saturated carbocycles. The van der Waals surface area contributed by atoms with Gasteiger partial charge in [-0.15, -0.1) is 0 Å². The van der Waals surface area contributed by atoms with Gasteiger partial charge in [0.15, 0.2) is 5.13 Å². The van der Waals surface area contributed by atoms with Crippen molar-refractivity contribution in [2.24, 2.45) is 0 Å².